The van der Waals surface area contributed by atoms with Crippen LogP contribution in [0.4, 0.5) is 5.69 Å². The van der Waals surface area contributed by atoms with Crippen LogP contribution in [-0.2, 0) is 16.1 Å². The van der Waals surface area contributed by atoms with Gasteiger partial charge in [-0.25, -0.2) is 4.98 Å². The first-order valence-corrected chi connectivity index (χ1v) is 11.2. The molecule has 7 heteroatoms. The lowest BCUT2D eigenvalue weighted by Gasteiger charge is -2.21. The van der Waals surface area contributed by atoms with Crippen molar-refractivity contribution in [2.45, 2.75) is 38.6 Å². The highest BCUT2D eigenvalue weighted by atomic mass is 16.5. The van der Waals surface area contributed by atoms with E-state index in [-0.39, 0.29) is 24.3 Å². The molecule has 2 amide bonds. The van der Waals surface area contributed by atoms with Crippen molar-refractivity contribution in [2.75, 3.05) is 32.1 Å². The normalized spacial score (nSPS) is 16.0. The van der Waals surface area contributed by atoms with Crippen LogP contribution in [0.15, 0.2) is 48.5 Å². The van der Waals surface area contributed by atoms with Crippen molar-refractivity contribution in [3.63, 3.8) is 0 Å². The summed E-state index contributed by atoms with van der Waals surface area (Å²) >= 11 is 0. The summed E-state index contributed by atoms with van der Waals surface area (Å²) in [5.74, 6) is 1.43. The molecule has 0 N–H and O–H groups in total. The fourth-order valence-electron chi connectivity index (χ4n) is 4.31. The number of amides is 2. The molecule has 0 spiro atoms. The van der Waals surface area contributed by atoms with E-state index in [0.717, 1.165) is 41.9 Å². The minimum absolute atomic E-state index is 0.0319. The van der Waals surface area contributed by atoms with Crippen molar-refractivity contribution in [3.05, 3.63) is 54.4 Å². The number of nitrogens with zero attached hydrogens (tertiary/aromatic N) is 4. The molecule has 4 rings (SSSR count). The number of ether oxygens (including phenoxy) is 1. The number of benzene rings is 2. The third-order valence-electron chi connectivity index (χ3n) is 6.12. The van der Waals surface area contributed by atoms with Crippen molar-refractivity contribution in [2.24, 2.45) is 0 Å². The van der Waals surface area contributed by atoms with Crippen molar-refractivity contribution >= 4 is 28.5 Å². The number of para-hydroxylation sites is 4. The monoisotopic (exact) mass is 434 g/mol. The minimum Gasteiger partial charge on any atom is -0.495 e. The maximum atomic E-state index is 13.0. The van der Waals surface area contributed by atoms with E-state index in [0.29, 0.717) is 18.7 Å². The lowest BCUT2D eigenvalue weighted by molar-refractivity contribution is -0.130. The second-order valence-corrected chi connectivity index (χ2v) is 8.29. The number of methoxy groups -OCH3 is 1. The molecule has 1 aliphatic rings. The Bertz CT molecular complexity index is 1120. The van der Waals surface area contributed by atoms with Crippen molar-refractivity contribution in [1.82, 2.24) is 14.5 Å². The fraction of sp³-hybridized carbons (Fsp3) is 0.400. The highest BCUT2D eigenvalue weighted by molar-refractivity contribution is 5.98. The van der Waals surface area contributed by atoms with Gasteiger partial charge in [-0.1, -0.05) is 37.6 Å². The summed E-state index contributed by atoms with van der Waals surface area (Å²) in [6.45, 7) is 3.57. The van der Waals surface area contributed by atoms with Crippen LogP contribution >= 0.6 is 0 Å². The van der Waals surface area contributed by atoms with Crippen molar-refractivity contribution in [1.29, 1.82) is 0 Å². The zero-order chi connectivity index (χ0) is 22.7. The molecule has 2 heterocycles. The smallest absolute Gasteiger partial charge is 0.242 e. The second kappa shape index (κ2) is 9.42. The molecular weight excluding hydrogens is 404 g/mol. The Morgan fingerprint density at radius 2 is 1.94 bits per heavy atom. The number of hydrogen-bond donors (Lipinski definition) is 0. The zero-order valence-electron chi connectivity index (χ0n) is 19.0. The summed E-state index contributed by atoms with van der Waals surface area (Å²) < 4.78 is 7.45. The molecule has 0 saturated carbocycles. The van der Waals surface area contributed by atoms with Gasteiger partial charge in [0.05, 0.1) is 23.8 Å². The van der Waals surface area contributed by atoms with Crippen LogP contribution in [0.1, 0.15) is 37.9 Å². The first-order valence-electron chi connectivity index (χ1n) is 11.2. The van der Waals surface area contributed by atoms with Gasteiger partial charge >= 0.3 is 0 Å². The molecule has 0 bridgehead atoms. The van der Waals surface area contributed by atoms with Gasteiger partial charge in [0, 0.05) is 32.5 Å². The molecule has 2 aromatic carbocycles. The molecular formula is C25H30N4O3. The Hall–Kier alpha value is -3.35. The fourth-order valence-corrected chi connectivity index (χ4v) is 4.31. The maximum Gasteiger partial charge on any atom is 0.242 e. The maximum absolute atomic E-state index is 13.0. The third kappa shape index (κ3) is 4.20. The molecule has 1 aromatic heterocycles. The molecule has 7 nitrogen and oxygen atoms in total. The SMILES string of the molecule is CCCCN(C)C(=O)Cn1c(C2CC(=O)N(c3ccccc3OC)C2)nc2ccccc21. The number of carbonyl (C=O) groups excluding carboxylic acids is 2. The molecule has 32 heavy (non-hydrogen) atoms. The molecule has 1 fully saturated rings. The highest BCUT2D eigenvalue weighted by Crippen LogP contribution is 2.37. The molecule has 1 aliphatic heterocycles. The number of carbonyl (C=O) groups is 2. The van der Waals surface area contributed by atoms with Gasteiger partial charge in [0.15, 0.2) is 0 Å². The third-order valence-corrected chi connectivity index (χ3v) is 6.12. The van der Waals surface area contributed by atoms with E-state index in [2.05, 4.69) is 6.92 Å². The van der Waals surface area contributed by atoms with Gasteiger partial charge in [-0.2, -0.15) is 0 Å². The van der Waals surface area contributed by atoms with Crippen molar-refractivity contribution in [3.8, 4) is 5.75 Å². The Labute approximate surface area is 188 Å². The van der Waals surface area contributed by atoms with Crippen LogP contribution in [0.2, 0.25) is 0 Å². The van der Waals surface area contributed by atoms with E-state index in [1.807, 2.05) is 60.1 Å². The largest absolute Gasteiger partial charge is 0.495 e. The average Bonchev–Trinajstić information content (AvgIpc) is 3.37. The molecule has 1 unspecified atom stereocenters. The average molecular weight is 435 g/mol. The van der Waals surface area contributed by atoms with Gasteiger partial charge in [0.2, 0.25) is 11.8 Å². The summed E-state index contributed by atoms with van der Waals surface area (Å²) in [5.41, 5.74) is 2.53. The first-order chi connectivity index (χ1) is 15.5. The summed E-state index contributed by atoms with van der Waals surface area (Å²) in [5, 5.41) is 0. The van der Waals surface area contributed by atoms with E-state index in [9.17, 15) is 9.59 Å². The van der Waals surface area contributed by atoms with Crippen molar-refractivity contribution < 1.29 is 14.3 Å². The van der Waals surface area contributed by atoms with Crippen LogP contribution in [0.3, 0.4) is 0 Å². The Morgan fingerprint density at radius 1 is 1.19 bits per heavy atom. The molecule has 168 valence electrons. The Morgan fingerprint density at radius 3 is 2.72 bits per heavy atom. The van der Waals surface area contributed by atoms with E-state index >= 15 is 0 Å². The number of likely N-dealkylation sites (N-methyl/N-ethyl adjacent to an activating group) is 1. The predicted molar refractivity (Wildman–Crippen MR) is 125 cm³/mol. The van der Waals surface area contributed by atoms with E-state index in [1.165, 1.54) is 0 Å². The number of unbranched alkanes of at least 4 members (excludes halogenated alkanes) is 1. The zero-order valence-corrected chi connectivity index (χ0v) is 19.0. The van der Waals surface area contributed by atoms with E-state index in [1.54, 1.807) is 16.9 Å². The number of imidazole rings is 1. The van der Waals surface area contributed by atoms with Gasteiger partial charge in [-0.05, 0) is 30.7 Å². The summed E-state index contributed by atoms with van der Waals surface area (Å²) in [6, 6.07) is 15.4. The molecule has 1 atom stereocenters. The minimum atomic E-state index is -0.103. The number of anilines is 1. The number of hydrogen-bond acceptors (Lipinski definition) is 4. The summed E-state index contributed by atoms with van der Waals surface area (Å²) in [7, 11) is 3.45. The van der Waals surface area contributed by atoms with Gasteiger partial charge in [-0.3, -0.25) is 9.59 Å². The van der Waals surface area contributed by atoms with Crippen LogP contribution in [0.5, 0.6) is 5.75 Å². The standard InChI is InChI=1S/C25H30N4O3/c1-4-5-14-27(2)24(31)17-29-20-11-7-6-10-19(20)26-25(29)18-15-23(30)28(16-18)21-12-8-9-13-22(21)32-3/h6-13,18H,4-5,14-17H2,1-3H3. The van der Waals surface area contributed by atoms with E-state index in [4.69, 9.17) is 9.72 Å². The Balaban J connectivity index is 1.65. The van der Waals surface area contributed by atoms with E-state index < -0.39 is 0 Å². The molecule has 3 aromatic rings. The Kier molecular flexibility index (Phi) is 6.44. The van der Waals surface area contributed by atoms with Crippen LogP contribution < -0.4 is 9.64 Å². The van der Waals surface area contributed by atoms with Gasteiger partial charge in [-0.15, -0.1) is 0 Å². The molecule has 1 saturated heterocycles. The molecule has 0 radical (unpaired) electrons. The number of aromatic nitrogens is 2. The quantitative estimate of drug-likeness (QED) is 0.541. The van der Waals surface area contributed by atoms with Crippen LogP contribution in [-0.4, -0.2) is 53.5 Å². The lowest BCUT2D eigenvalue weighted by atomic mass is 10.1. The topological polar surface area (TPSA) is 67.7 Å². The number of rotatable bonds is 8. The van der Waals surface area contributed by atoms with Crippen LogP contribution in [0.25, 0.3) is 11.0 Å². The second-order valence-electron chi connectivity index (χ2n) is 8.29. The predicted octanol–water partition coefficient (Wildman–Crippen LogP) is 3.82. The van der Waals surface area contributed by atoms with Gasteiger partial charge < -0.3 is 19.1 Å². The van der Waals surface area contributed by atoms with Crippen LogP contribution in [0, 0.1) is 0 Å². The summed E-state index contributed by atoms with van der Waals surface area (Å²) in [4.78, 5) is 34.3. The van der Waals surface area contributed by atoms with Gasteiger partial charge in [0.25, 0.3) is 0 Å². The summed E-state index contributed by atoms with van der Waals surface area (Å²) in [6.07, 6.45) is 2.37. The highest BCUT2D eigenvalue weighted by Gasteiger charge is 2.36. The first kappa shape index (κ1) is 21.9. The molecule has 0 aliphatic carbocycles. The lowest BCUT2D eigenvalue weighted by Crippen LogP contribution is -2.32. The van der Waals surface area contributed by atoms with Gasteiger partial charge in [0.1, 0.15) is 18.1 Å². The number of fused-ring (bicyclic) bond motifs is 1.